The standard InChI is InChI=1S/C17H19FN4/c1-2-14(19)11-20-15-5-8-17-12(9-15)10-21-22(17)16-6-3-13(18)4-7-16/h3-10,14,20H,2,11,19H2,1H3/t14-/m0/s1. The Morgan fingerprint density at radius 2 is 2.00 bits per heavy atom. The lowest BCUT2D eigenvalue weighted by molar-refractivity contribution is 0.627. The molecular weight excluding hydrogens is 279 g/mol. The Kier molecular flexibility index (Phi) is 4.06. The van der Waals surface area contributed by atoms with E-state index in [9.17, 15) is 4.39 Å². The molecule has 114 valence electrons. The minimum atomic E-state index is -0.251. The normalized spacial score (nSPS) is 12.5. The molecule has 0 bridgehead atoms. The van der Waals surface area contributed by atoms with Crippen molar-refractivity contribution in [1.29, 1.82) is 0 Å². The van der Waals surface area contributed by atoms with Gasteiger partial charge in [0.25, 0.3) is 0 Å². The average Bonchev–Trinajstić information content (AvgIpc) is 2.96. The fraction of sp³-hybridized carbons (Fsp3) is 0.235. The van der Waals surface area contributed by atoms with E-state index >= 15 is 0 Å². The van der Waals surface area contributed by atoms with Crippen LogP contribution >= 0.6 is 0 Å². The zero-order chi connectivity index (χ0) is 15.5. The summed E-state index contributed by atoms with van der Waals surface area (Å²) in [6, 6.07) is 12.5. The number of fused-ring (bicyclic) bond motifs is 1. The summed E-state index contributed by atoms with van der Waals surface area (Å²) in [7, 11) is 0. The maximum Gasteiger partial charge on any atom is 0.123 e. The second-order valence-electron chi connectivity index (χ2n) is 5.36. The smallest absolute Gasteiger partial charge is 0.123 e. The van der Waals surface area contributed by atoms with E-state index in [1.165, 1.54) is 12.1 Å². The van der Waals surface area contributed by atoms with Gasteiger partial charge < -0.3 is 11.1 Å². The number of hydrogen-bond acceptors (Lipinski definition) is 3. The molecule has 5 heteroatoms. The Bertz CT molecular complexity index is 764. The van der Waals surface area contributed by atoms with E-state index in [-0.39, 0.29) is 11.9 Å². The van der Waals surface area contributed by atoms with Gasteiger partial charge in [0.1, 0.15) is 5.82 Å². The third kappa shape index (κ3) is 2.94. The van der Waals surface area contributed by atoms with Gasteiger partial charge in [-0.3, -0.25) is 0 Å². The molecule has 4 nitrogen and oxygen atoms in total. The van der Waals surface area contributed by atoms with E-state index in [1.54, 1.807) is 16.8 Å². The summed E-state index contributed by atoms with van der Waals surface area (Å²) in [5.74, 6) is -0.251. The van der Waals surface area contributed by atoms with Crippen LogP contribution in [0.1, 0.15) is 13.3 Å². The Balaban J connectivity index is 1.87. The number of benzene rings is 2. The molecule has 1 heterocycles. The molecule has 0 spiro atoms. The van der Waals surface area contributed by atoms with Crippen LogP contribution in [0.2, 0.25) is 0 Å². The van der Waals surface area contributed by atoms with Gasteiger partial charge in [-0.2, -0.15) is 5.10 Å². The molecule has 3 N–H and O–H groups in total. The summed E-state index contributed by atoms with van der Waals surface area (Å²) < 4.78 is 14.8. The first-order valence-electron chi connectivity index (χ1n) is 7.40. The van der Waals surface area contributed by atoms with Gasteiger partial charge in [-0.15, -0.1) is 0 Å². The number of hydrogen-bond donors (Lipinski definition) is 2. The molecule has 0 unspecified atom stereocenters. The molecule has 0 aliphatic heterocycles. The van der Waals surface area contributed by atoms with Crippen molar-refractivity contribution in [3.05, 3.63) is 54.5 Å². The van der Waals surface area contributed by atoms with E-state index in [0.29, 0.717) is 0 Å². The van der Waals surface area contributed by atoms with Crippen molar-refractivity contribution in [1.82, 2.24) is 9.78 Å². The first kappa shape index (κ1) is 14.5. The zero-order valence-electron chi connectivity index (χ0n) is 12.5. The van der Waals surface area contributed by atoms with Crippen LogP contribution < -0.4 is 11.1 Å². The number of aromatic nitrogens is 2. The van der Waals surface area contributed by atoms with Crippen LogP contribution in [0.3, 0.4) is 0 Å². The SMILES string of the molecule is CC[C@H](N)CNc1ccc2c(cnn2-c2ccc(F)cc2)c1. The average molecular weight is 298 g/mol. The Morgan fingerprint density at radius 3 is 2.73 bits per heavy atom. The molecule has 0 saturated heterocycles. The highest BCUT2D eigenvalue weighted by Gasteiger charge is 2.06. The number of anilines is 1. The number of rotatable bonds is 5. The number of nitrogens with two attached hydrogens (primary N) is 1. The molecule has 3 rings (SSSR count). The largest absolute Gasteiger partial charge is 0.383 e. The van der Waals surface area contributed by atoms with Crippen molar-refractivity contribution in [3.63, 3.8) is 0 Å². The molecule has 1 aromatic heterocycles. The van der Waals surface area contributed by atoms with Crippen molar-refractivity contribution in [2.75, 3.05) is 11.9 Å². The topological polar surface area (TPSA) is 55.9 Å². The van der Waals surface area contributed by atoms with Gasteiger partial charge in [0.15, 0.2) is 0 Å². The number of halogens is 1. The highest BCUT2D eigenvalue weighted by atomic mass is 19.1. The van der Waals surface area contributed by atoms with E-state index in [0.717, 1.165) is 35.2 Å². The molecule has 22 heavy (non-hydrogen) atoms. The molecular formula is C17H19FN4. The van der Waals surface area contributed by atoms with Gasteiger partial charge in [-0.05, 0) is 48.9 Å². The van der Waals surface area contributed by atoms with E-state index in [2.05, 4.69) is 17.3 Å². The van der Waals surface area contributed by atoms with Crippen LogP contribution in [0.4, 0.5) is 10.1 Å². The van der Waals surface area contributed by atoms with E-state index < -0.39 is 0 Å². The predicted octanol–water partition coefficient (Wildman–Crippen LogP) is 3.31. The van der Waals surface area contributed by atoms with Crippen molar-refractivity contribution in [2.24, 2.45) is 5.73 Å². The van der Waals surface area contributed by atoms with Crippen molar-refractivity contribution >= 4 is 16.6 Å². The lowest BCUT2D eigenvalue weighted by atomic mass is 10.2. The quantitative estimate of drug-likeness (QED) is 0.760. The van der Waals surface area contributed by atoms with Crippen molar-refractivity contribution in [2.45, 2.75) is 19.4 Å². The van der Waals surface area contributed by atoms with E-state index in [1.807, 2.05) is 24.4 Å². The predicted molar refractivity (Wildman–Crippen MR) is 87.8 cm³/mol. The molecule has 0 radical (unpaired) electrons. The molecule has 0 aliphatic rings. The maximum atomic E-state index is 13.0. The molecule has 3 aromatic rings. The minimum absolute atomic E-state index is 0.151. The summed E-state index contributed by atoms with van der Waals surface area (Å²) >= 11 is 0. The van der Waals surface area contributed by atoms with Crippen LogP contribution in [0, 0.1) is 5.82 Å². The van der Waals surface area contributed by atoms with Crippen molar-refractivity contribution < 1.29 is 4.39 Å². The first-order valence-corrected chi connectivity index (χ1v) is 7.40. The van der Waals surface area contributed by atoms with Gasteiger partial charge in [-0.25, -0.2) is 9.07 Å². The van der Waals surface area contributed by atoms with Gasteiger partial charge in [0.05, 0.1) is 17.4 Å². The summed E-state index contributed by atoms with van der Waals surface area (Å²) in [5, 5.41) is 8.75. The lowest BCUT2D eigenvalue weighted by Gasteiger charge is -2.11. The van der Waals surface area contributed by atoms with Crippen LogP contribution in [0.25, 0.3) is 16.6 Å². The van der Waals surface area contributed by atoms with Crippen LogP contribution in [-0.4, -0.2) is 22.4 Å². The fourth-order valence-electron chi connectivity index (χ4n) is 2.32. The second-order valence-corrected chi connectivity index (χ2v) is 5.36. The Morgan fingerprint density at radius 1 is 1.23 bits per heavy atom. The molecule has 0 aliphatic carbocycles. The molecule has 0 fully saturated rings. The van der Waals surface area contributed by atoms with Crippen molar-refractivity contribution in [3.8, 4) is 5.69 Å². The summed E-state index contributed by atoms with van der Waals surface area (Å²) in [4.78, 5) is 0. The third-order valence-corrected chi connectivity index (χ3v) is 3.73. The zero-order valence-corrected chi connectivity index (χ0v) is 12.5. The maximum absolute atomic E-state index is 13.0. The van der Waals surface area contributed by atoms with Gasteiger partial charge in [-0.1, -0.05) is 6.92 Å². The molecule has 1 atom stereocenters. The highest BCUT2D eigenvalue weighted by molar-refractivity contribution is 5.83. The summed E-state index contributed by atoms with van der Waals surface area (Å²) in [6.45, 7) is 2.82. The van der Waals surface area contributed by atoms with Gasteiger partial charge >= 0.3 is 0 Å². The fourth-order valence-corrected chi connectivity index (χ4v) is 2.32. The lowest BCUT2D eigenvalue weighted by Crippen LogP contribution is -2.27. The molecule has 0 saturated carbocycles. The van der Waals surface area contributed by atoms with E-state index in [4.69, 9.17) is 5.73 Å². The van der Waals surface area contributed by atoms with Crippen LogP contribution in [0.5, 0.6) is 0 Å². The minimum Gasteiger partial charge on any atom is -0.383 e. The summed E-state index contributed by atoms with van der Waals surface area (Å²) in [5.41, 5.74) is 8.76. The number of nitrogens with zero attached hydrogens (tertiary/aromatic N) is 2. The third-order valence-electron chi connectivity index (χ3n) is 3.73. The van der Waals surface area contributed by atoms with Crippen LogP contribution in [0.15, 0.2) is 48.7 Å². The Hall–Kier alpha value is -2.40. The number of nitrogens with one attached hydrogen (secondary N) is 1. The highest BCUT2D eigenvalue weighted by Crippen LogP contribution is 2.22. The van der Waals surface area contributed by atoms with Crippen LogP contribution in [-0.2, 0) is 0 Å². The Labute approximate surface area is 128 Å². The second kappa shape index (κ2) is 6.15. The molecule has 0 amide bonds. The summed E-state index contributed by atoms with van der Waals surface area (Å²) in [6.07, 6.45) is 2.75. The van der Waals surface area contributed by atoms with Gasteiger partial charge in [0, 0.05) is 23.7 Å². The molecule has 2 aromatic carbocycles. The first-order chi connectivity index (χ1) is 10.7. The van der Waals surface area contributed by atoms with Gasteiger partial charge in [0.2, 0.25) is 0 Å². The monoisotopic (exact) mass is 298 g/mol.